The Morgan fingerprint density at radius 3 is 2.28 bits per heavy atom. The highest BCUT2D eigenvalue weighted by molar-refractivity contribution is 7.89. The molecule has 4 rings (SSSR count). The van der Waals surface area contributed by atoms with Crippen LogP contribution in [0.25, 0.3) is 0 Å². The molecule has 2 heterocycles. The van der Waals surface area contributed by atoms with Gasteiger partial charge >= 0.3 is 0 Å². The number of fused-ring (bicyclic) bond motifs is 1. The van der Waals surface area contributed by atoms with E-state index in [4.69, 9.17) is 32.7 Å². The molecule has 1 amide bonds. The van der Waals surface area contributed by atoms with Crippen LogP contribution in [0.4, 0.5) is 0 Å². The number of carbonyl (C=O) groups excluding carboxylic acids is 1. The Balaban J connectivity index is 1.46. The lowest BCUT2D eigenvalue weighted by atomic mass is 10.1. The minimum atomic E-state index is -3.63. The van der Waals surface area contributed by atoms with E-state index < -0.39 is 10.0 Å². The Hall–Kier alpha value is -2.00. The molecule has 2 aliphatic heterocycles. The molecule has 7 nitrogen and oxygen atoms in total. The van der Waals surface area contributed by atoms with Crippen molar-refractivity contribution >= 4 is 39.1 Å². The number of rotatable bonds is 3. The van der Waals surface area contributed by atoms with E-state index in [0.29, 0.717) is 40.3 Å². The molecule has 0 atom stereocenters. The zero-order valence-electron chi connectivity index (χ0n) is 15.3. The summed E-state index contributed by atoms with van der Waals surface area (Å²) in [7, 11) is -3.63. The van der Waals surface area contributed by atoms with Crippen molar-refractivity contribution in [3.63, 3.8) is 0 Å². The largest absolute Gasteiger partial charge is 0.486 e. The molecule has 0 radical (unpaired) electrons. The van der Waals surface area contributed by atoms with Crippen molar-refractivity contribution in [2.75, 3.05) is 39.4 Å². The van der Waals surface area contributed by atoms with Crippen LogP contribution in [-0.4, -0.2) is 62.9 Å². The summed E-state index contributed by atoms with van der Waals surface area (Å²) in [6.45, 7) is 1.76. The van der Waals surface area contributed by atoms with Crippen molar-refractivity contribution in [3.05, 3.63) is 52.0 Å². The number of carbonyl (C=O) groups is 1. The van der Waals surface area contributed by atoms with E-state index in [-0.39, 0.29) is 37.0 Å². The van der Waals surface area contributed by atoms with Crippen LogP contribution in [0, 0.1) is 0 Å². The Bertz CT molecular complexity index is 1040. The molecule has 0 saturated carbocycles. The minimum absolute atomic E-state index is 0.181. The van der Waals surface area contributed by atoms with E-state index in [1.807, 2.05) is 0 Å². The van der Waals surface area contributed by atoms with Gasteiger partial charge in [0.25, 0.3) is 5.91 Å². The summed E-state index contributed by atoms with van der Waals surface area (Å²) in [6.07, 6.45) is 0. The van der Waals surface area contributed by atoms with Crippen molar-refractivity contribution in [2.45, 2.75) is 4.90 Å². The van der Waals surface area contributed by atoms with E-state index in [1.54, 1.807) is 29.2 Å². The first-order valence-corrected chi connectivity index (χ1v) is 11.2. The molecule has 0 aliphatic carbocycles. The summed E-state index contributed by atoms with van der Waals surface area (Å²) in [5.74, 6) is 0.650. The average Bonchev–Trinajstić information content (AvgIpc) is 2.73. The lowest BCUT2D eigenvalue weighted by Crippen LogP contribution is -2.50. The summed E-state index contributed by atoms with van der Waals surface area (Å²) in [5, 5.41) is 0.784. The standard InChI is InChI=1S/C19H18Cl2N2O5S/c20-14-1-3-15(4-2-14)29(25,26)23-7-5-22(6-8-23)19(24)13-11-16(21)18-17(12-13)27-9-10-28-18/h1-4,11-12H,5-10H2. The quantitative estimate of drug-likeness (QED) is 0.709. The summed E-state index contributed by atoms with van der Waals surface area (Å²) >= 11 is 12.1. The van der Waals surface area contributed by atoms with Gasteiger partial charge in [-0.05, 0) is 36.4 Å². The third-order valence-corrected chi connectivity index (χ3v) is 7.27. The van der Waals surface area contributed by atoms with Gasteiger partial charge in [0.2, 0.25) is 10.0 Å². The number of nitrogens with zero attached hydrogens (tertiary/aromatic N) is 2. The first kappa shape index (κ1) is 20.3. The molecule has 0 spiro atoms. The van der Waals surface area contributed by atoms with Crippen molar-refractivity contribution < 1.29 is 22.7 Å². The second kappa shape index (κ2) is 8.02. The molecule has 0 aromatic heterocycles. The predicted molar refractivity (Wildman–Crippen MR) is 109 cm³/mol. The molecule has 2 aromatic rings. The maximum Gasteiger partial charge on any atom is 0.254 e. The van der Waals surface area contributed by atoms with Gasteiger partial charge in [-0.15, -0.1) is 0 Å². The van der Waals surface area contributed by atoms with Gasteiger partial charge in [0, 0.05) is 36.8 Å². The van der Waals surface area contributed by atoms with Crippen LogP contribution in [0.15, 0.2) is 41.3 Å². The van der Waals surface area contributed by atoms with Gasteiger partial charge in [-0.25, -0.2) is 8.42 Å². The average molecular weight is 457 g/mol. The molecule has 1 fully saturated rings. The first-order chi connectivity index (χ1) is 13.9. The van der Waals surface area contributed by atoms with E-state index in [9.17, 15) is 13.2 Å². The van der Waals surface area contributed by atoms with Gasteiger partial charge in [-0.2, -0.15) is 4.31 Å². The number of sulfonamides is 1. The van der Waals surface area contributed by atoms with Crippen LogP contribution in [0.1, 0.15) is 10.4 Å². The van der Waals surface area contributed by atoms with Crippen LogP contribution < -0.4 is 9.47 Å². The molecule has 0 N–H and O–H groups in total. The topological polar surface area (TPSA) is 76.2 Å². The molecular weight excluding hydrogens is 439 g/mol. The van der Waals surface area contributed by atoms with Crippen LogP contribution in [-0.2, 0) is 10.0 Å². The molecule has 1 saturated heterocycles. The zero-order chi connectivity index (χ0) is 20.6. The number of hydrogen-bond acceptors (Lipinski definition) is 5. The molecule has 10 heteroatoms. The number of piperazine rings is 1. The van der Waals surface area contributed by atoms with Gasteiger partial charge in [-0.1, -0.05) is 23.2 Å². The summed E-state index contributed by atoms with van der Waals surface area (Å²) in [6, 6.07) is 9.20. The van der Waals surface area contributed by atoms with Crippen molar-refractivity contribution in [2.24, 2.45) is 0 Å². The molecule has 29 heavy (non-hydrogen) atoms. The van der Waals surface area contributed by atoms with Crippen LogP contribution in [0.2, 0.25) is 10.0 Å². The molecular formula is C19H18Cl2N2O5S. The van der Waals surface area contributed by atoms with Gasteiger partial charge in [0.05, 0.1) is 9.92 Å². The number of halogens is 2. The highest BCUT2D eigenvalue weighted by Gasteiger charge is 2.31. The van der Waals surface area contributed by atoms with Gasteiger partial charge in [-0.3, -0.25) is 4.79 Å². The second-order valence-electron chi connectivity index (χ2n) is 6.63. The smallest absolute Gasteiger partial charge is 0.254 e. The highest BCUT2D eigenvalue weighted by Crippen LogP contribution is 2.38. The second-order valence-corrected chi connectivity index (χ2v) is 9.41. The molecule has 2 aromatic carbocycles. The molecule has 154 valence electrons. The van der Waals surface area contributed by atoms with Gasteiger partial charge < -0.3 is 14.4 Å². The van der Waals surface area contributed by atoms with Crippen molar-refractivity contribution in [1.29, 1.82) is 0 Å². The van der Waals surface area contributed by atoms with Crippen molar-refractivity contribution in [1.82, 2.24) is 9.21 Å². The van der Waals surface area contributed by atoms with Gasteiger partial charge in [0.1, 0.15) is 13.2 Å². The molecule has 0 unspecified atom stereocenters. The lowest BCUT2D eigenvalue weighted by Gasteiger charge is -2.34. The fourth-order valence-electron chi connectivity index (χ4n) is 3.30. The summed E-state index contributed by atoms with van der Waals surface area (Å²) in [5.41, 5.74) is 0.383. The van der Waals surface area contributed by atoms with E-state index >= 15 is 0 Å². The lowest BCUT2D eigenvalue weighted by molar-refractivity contribution is 0.0697. The maximum atomic E-state index is 12.9. The number of hydrogen-bond donors (Lipinski definition) is 0. The summed E-state index contributed by atoms with van der Waals surface area (Å²) in [4.78, 5) is 14.7. The Morgan fingerprint density at radius 2 is 1.59 bits per heavy atom. The van der Waals surface area contributed by atoms with Crippen LogP contribution >= 0.6 is 23.2 Å². The Kier molecular flexibility index (Phi) is 5.61. The minimum Gasteiger partial charge on any atom is -0.486 e. The van der Waals surface area contributed by atoms with Crippen LogP contribution in [0.5, 0.6) is 11.5 Å². The number of benzene rings is 2. The SMILES string of the molecule is O=C(c1cc(Cl)c2c(c1)OCCO2)N1CCN(S(=O)(=O)c2ccc(Cl)cc2)CC1. The third-order valence-electron chi connectivity index (χ3n) is 4.82. The molecule has 2 aliphatic rings. The third kappa shape index (κ3) is 4.02. The normalized spacial score (nSPS) is 17.2. The fourth-order valence-corrected chi connectivity index (χ4v) is 5.12. The maximum absolute atomic E-state index is 12.9. The fraction of sp³-hybridized carbons (Fsp3) is 0.316. The number of amides is 1. The van der Waals surface area contributed by atoms with Crippen LogP contribution in [0.3, 0.4) is 0 Å². The van der Waals surface area contributed by atoms with Crippen molar-refractivity contribution in [3.8, 4) is 11.5 Å². The van der Waals surface area contributed by atoms with E-state index in [0.717, 1.165) is 0 Å². The van der Waals surface area contributed by atoms with E-state index in [2.05, 4.69) is 0 Å². The number of ether oxygens (including phenoxy) is 2. The zero-order valence-corrected chi connectivity index (χ0v) is 17.6. The monoisotopic (exact) mass is 456 g/mol. The summed E-state index contributed by atoms with van der Waals surface area (Å²) < 4.78 is 37.9. The Morgan fingerprint density at radius 1 is 0.931 bits per heavy atom. The van der Waals surface area contributed by atoms with E-state index in [1.165, 1.54) is 16.4 Å². The highest BCUT2D eigenvalue weighted by atomic mass is 35.5. The Labute approximate surface area is 178 Å². The van der Waals surface area contributed by atoms with Gasteiger partial charge in [0.15, 0.2) is 11.5 Å². The first-order valence-electron chi connectivity index (χ1n) is 9.00. The molecule has 0 bridgehead atoms. The predicted octanol–water partition coefficient (Wildman–Crippen LogP) is 2.91.